The van der Waals surface area contributed by atoms with Gasteiger partial charge in [-0.25, -0.2) is 13.4 Å². The van der Waals surface area contributed by atoms with E-state index < -0.39 is 16.1 Å². The zero-order valence-electron chi connectivity index (χ0n) is 16.8. The minimum atomic E-state index is -3.38. The molecule has 1 aromatic rings. The maximum Gasteiger partial charge on any atom is 0.238 e. The number of amides is 1. The van der Waals surface area contributed by atoms with Crippen LogP contribution in [0, 0.1) is 0 Å². The first-order chi connectivity index (χ1) is 13.4. The van der Waals surface area contributed by atoms with Gasteiger partial charge in [-0.05, 0) is 31.0 Å². The van der Waals surface area contributed by atoms with Crippen molar-refractivity contribution in [1.29, 1.82) is 0 Å². The number of nitrogens with zero attached hydrogens (tertiary/aromatic N) is 4. The van der Waals surface area contributed by atoms with Crippen molar-refractivity contribution in [1.82, 2.24) is 19.5 Å². The van der Waals surface area contributed by atoms with Crippen LogP contribution in [-0.2, 0) is 21.4 Å². The van der Waals surface area contributed by atoms with Crippen molar-refractivity contribution in [2.24, 2.45) is 0 Å². The van der Waals surface area contributed by atoms with Crippen molar-refractivity contribution in [2.75, 3.05) is 50.4 Å². The van der Waals surface area contributed by atoms with E-state index in [0.717, 1.165) is 56.9 Å². The first kappa shape index (κ1) is 21.0. The Bertz CT molecular complexity index is 760. The molecule has 2 fully saturated rings. The van der Waals surface area contributed by atoms with E-state index in [1.54, 1.807) is 6.20 Å². The zero-order chi connectivity index (χ0) is 20.1. The summed E-state index contributed by atoms with van der Waals surface area (Å²) in [7, 11) is -3.38. The smallest absolute Gasteiger partial charge is 0.238 e. The lowest BCUT2D eigenvalue weighted by Gasteiger charge is -2.34. The molecular weight excluding hydrogens is 378 g/mol. The molecule has 0 saturated carbocycles. The quantitative estimate of drug-likeness (QED) is 0.743. The van der Waals surface area contributed by atoms with Crippen LogP contribution in [0.4, 0.5) is 5.82 Å². The van der Waals surface area contributed by atoms with Crippen LogP contribution in [0.3, 0.4) is 0 Å². The third kappa shape index (κ3) is 5.21. The molecule has 3 rings (SSSR count). The van der Waals surface area contributed by atoms with Crippen molar-refractivity contribution in [2.45, 2.75) is 38.8 Å². The van der Waals surface area contributed by atoms with Crippen molar-refractivity contribution in [3.05, 3.63) is 23.9 Å². The molecule has 1 aromatic heterocycles. The fourth-order valence-corrected chi connectivity index (χ4v) is 5.00. The van der Waals surface area contributed by atoms with Gasteiger partial charge in [0.1, 0.15) is 11.9 Å². The lowest BCUT2D eigenvalue weighted by Crippen LogP contribution is -2.51. The third-order valence-electron chi connectivity index (χ3n) is 5.60. The molecule has 0 radical (unpaired) electrons. The Labute approximate surface area is 168 Å². The molecule has 0 aliphatic carbocycles. The highest BCUT2D eigenvalue weighted by atomic mass is 32.2. The number of likely N-dealkylation sites (N-methyl/N-ethyl adjacent to an activating group) is 1. The number of piperidine rings is 1. The average Bonchev–Trinajstić information content (AvgIpc) is 2.72. The van der Waals surface area contributed by atoms with Gasteiger partial charge in [-0.3, -0.25) is 4.79 Å². The van der Waals surface area contributed by atoms with Gasteiger partial charge in [0.15, 0.2) is 0 Å². The summed E-state index contributed by atoms with van der Waals surface area (Å²) in [5, 5.41) is 2.88. The fraction of sp³-hybridized carbons (Fsp3) is 0.684. The number of piperazine rings is 1. The van der Waals surface area contributed by atoms with Crippen molar-refractivity contribution < 1.29 is 13.2 Å². The number of aromatic nitrogens is 1. The van der Waals surface area contributed by atoms with E-state index in [9.17, 15) is 13.2 Å². The number of pyridine rings is 1. The second-order valence-electron chi connectivity index (χ2n) is 7.55. The molecule has 2 saturated heterocycles. The summed E-state index contributed by atoms with van der Waals surface area (Å²) >= 11 is 0. The van der Waals surface area contributed by atoms with E-state index in [1.165, 1.54) is 10.6 Å². The van der Waals surface area contributed by atoms with Gasteiger partial charge in [0, 0.05) is 45.5 Å². The molecule has 0 unspecified atom stereocenters. The molecular formula is C19H31N5O3S. The highest BCUT2D eigenvalue weighted by molar-refractivity contribution is 7.88. The van der Waals surface area contributed by atoms with E-state index in [0.29, 0.717) is 19.5 Å². The molecule has 1 atom stereocenters. The summed E-state index contributed by atoms with van der Waals surface area (Å²) < 4.78 is 25.2. The van der Waals surface area contributed by atoms with Gasteiger partial charge in [-0.2, -0.15) is 4.31 Å². The molecule has 2 aliphatic heterocycles. The Morgan fingerprint density at radius 3 is 2.54 bits per heavy atom. The molecule has 1 N–H and O–H groups in total. The van der Waals surface area contributed by atoms with Gasteiger partial charge in [0.25, 0.3) is 0 Å². The normalized spacial score (nSPS) is 22.2. The number of carbonyl (C=O) groups is 1. The summed E-state index contributed by atoms with van der Waals surface area (Å²) in [6.07, 6.45) is 5.19. The van der Waals surface area contributed by atoms with E-state index in [1.807, 2.05) is 12.1 Å². The van der Waals surface area contributed by atoms with Crippen LogP contribution < -0.4 is 10.2 Å². The SMILES string of the molecule is CCN1CCN(c2ccc(CNC(=O)[C@@H]3CCCCN3S(C)(=O)=O)cn2)CC1. The van der Waals surface area contributed by atoms with Gasteiger partial charge < -0.3 is 15.1 Å². The van der Waals surface area contributed by atoms with E-state index in [-0.39, 0.29) is 5.91 Å². The van der Waals surface area contributed by atoms with Crippen LogP contribution in [0.1, 0.15) is 31.7 Å². The van der Waals surface area contributed by atoms with Gasteiger partial charge in [-0.1, -0.05) is 19.4 Å². The number of anilines is 1. The monoisotopic (exact) mass is 409 g/mol. The molecule has 0 spiro atoms. The van der Waals surface area contributed by atoms with Crippen molar-refractivity contribution in [3.63, 3.8) is 0 Å². The lowest BCUT2D eigenvalue weighted by molar-refractivity contribution is -0.125. The summed E-state index contributed by atoms with van der Waals surface area (Å²) in [6.45, 7) is 8.07. The Kier molecular flexibility index (Phi) is 6.90. The molecule has 0 aromatic carbocycles. The number of sulfonamides is 1. The van der Waals surface area contributed by atoms with Crippen LogP contribution in [0.25, 0.3) is 0 Å². The maximum atomic E-state index is 12.6. The number of hydrogen-bond donors (Lipinski definition) is 1. The van der Waals surface area contributed by atoms with Crippen LogP contribution in [0.5, 0.6) is 0 Å². The van der Waals surface area contributed by atoms with Crippen molar-refractivity contribution in [3.8, 4) is 0 Å². The average molecular weight is 410 g/mol. The molecule has 28 heavy (non-hydrogen) atoms. The topological polar surface area (TPSA) is 85.9 Å². The van der Waals surface area contributed by atoms with Gasteiger partial charge in [0.2, 0.25) is 15.9 Å². The van der Waals surface area contributed by atoms with Crippen molar-refractivity contribution >= 4 is 21.7 Å². The van der Waals surface area contributed by atoms with E-state index in [4.69, 9.17) is 0 Å². The largest absolute Gasteiger partial charge is 0.354 e. The van der Waals surface area contributed by atoms with E-state index in [2.05, 4.69) is 27.0 Å². The molecule has 9 heteroatoms. The van der Waals surface area contributed by atoms with Gasteiger partial charge in [0.05, 0.1) is 6.26 Å². The Morgan fingerprint density at radius 2 is 1.93 bits per heavy atom. The number of nitrogens with one attached hydrogen (secondary N) is 1. The minimum Gasteiger partial charge on any atom is -0.354 e. The molecule has 2 aliphatic rings. The van der Waals surface area contributed by atoms with Gasteiger partial charge >= 0.3 is 0 Å². The van der Waals surface area contributed by atoms with Gasteiger partial charge in [-0.15, -0.1) is 0 Å². The van der Waals surface area contributed by atoms with Crippen LogP contribution in [0.2, 0.25) is 0 Å². The summed E-state index contributed by atoms with van der Waals surface area (Å²) in [6, 6.07) is 3.36. The first-order valence-electron chi connectivity index (χ1n) is 10.0. The second-order valence-corrected chi connectivity index (χ2v) is 9.48. The predicted molar refractivity (Wildman–Crippen MR) is 110 cm³/mol. The third-order valence-corrected chi connectivity index (χ3v) is 6.89. The lowest BCUT2D eigenvalue weighted by atomic mass is 10.0. The summed E-state index contributed by atoms with van der Waals surface area (Å²) in [5.74, 6) is 0.728. The van der Waals surface area contributed by atoms with E-state index >= 15 is 0 Å². The highest BCUT2D eigenvalue weighted by Gasteiger charge is 2.34. The summed E-state index contributed by atoms with van der Waals surface area (Å²) in [5.41, 5.74) is 0.908. The Balaban J connectivity index is 1.54. The zero-order valence-corrected chi connectivity index (χ0v) is 17.6. The molecule has 8 nitrogen and oxygen atoms in total. The van der Waals surface area contributed by atoms with Crippen LogP contribution >= 0.6 is 0 Å². The van der Waals surface area contributed by atoms with Crippen LogP contribution in [-0.4, -0.2) is 80.1 Å². The molecule has 0 bridgehead atoms. The molecule has 1 amide bonds. The number of carbonyl (C=O) groups excluding carboxylic acids is 1. The minimum absolute atomic E-state index is 0.232. The highest BCUT2D eigenvalue weighted by Crippen LogP contribution is 2.20. The molecule has 156 valence electrons. The summed E-state index contributed by atoms with van der Waals surface area (Å²) in [4.78, 5) is 21.8. The van der Waals surface area contributed by atoms with Crippen LogP contribution in [0.15, 0.2) is 18.3 Å². The predicted octanol–water partition coefficient (Wildman–Crippen LogP) is 0.654. The Morgan fingerprint density at radius 1 is 1.18 bits per heavy atom. The standard InChI is InChI=1S/C19H31N5O3S/c1-3-22-10-12-23(13-11-22)18-8-7-16(14-20-18)15-21-19(25)17-6-4-5-9-24(17)28(2,26)27/h7-8,14,17H,3-6,9-13,15H2,1-2H3,(H,21,25)/t17-/m0/s1. The number of hydrogen-bond acceptors (Lipinski definition) is 6. The Hall–Kier alpha value is -1.71. The molecule has 3 heterocycles. The second kappa shape index (κ2) is 9.19. The number of rotatable bonds is 6. The maximum absolute atomic E-state index is 12.6. The fourth-order valence-electron chi connectivity index (χ4n) is 3.87. The first-order valence-corrected chi connectivity index (χ1v) is 11.9.